The SMILES string of the molecule is O=C(c1cc2ccccc2o1)N1CCC(CNS(=O)(=O)c2ccccc2Br)CC1. The molecule has 6 nitrogen and oxygen atoms in total. The number of nitrogens with one attached hydrogen (secondary N) is 1. The van der Waals surface area contributed by atoms with Gasteiger partial charge in [-0.2, -0.15) is 0 Å². The molecule has 0 bridgehead atoms. The van der Waals surface area contributed by atoms with Crippen molar-refractivity contribution in [3.63, 3.8) is 0 Å². The molecule has 0 spiro atoms. The number of hydrogen-bond acceptors (Lipinski definition) is 4. The molecule has 0 atom stereocenters. The van der Waals surface area contributed by atoms with Crippen molar-refractivity contribution in [2.24, 2.45) is 5.92 Å². The zero-order valence-electron chi connectivity index (χ0n) is 15.7. The number of sulfonamides is 1. The van der Waals surface area contributed by atoms with E-state index in [1.54, 1.807) is 35.2 Å². The number of likely N-dealkylation sites (tertiary alicyclic amines) is 1. The number of para-hydroxylation sites is 1. The highest BCUT2D eigenvalue weighted by Crippen LogP contribution is 2.24. The largest absolute Gasteiger partial charge is 0.451 e. The van der Waals surface area contributed by atoms with Gasteiger partial charge in [0.05, 0.1) is 4.90 Å². The molecule has 2 heterocycles. The summed E-state index contributed by atoms with van der Waals surface area (Å²) in [6.45, 7) is 1.52. The van der Waals surface area contributed by atoms with E-state index in [-0.39, 0.29) is 16.7 Å². The summed E-state index contributed by atoms with van der Waals surface area (Å²) < 4.78 is 34.0. The monoisotopic (exact) mass is 476 g/mol. The van der Waals surface area contributed by atoms with Gasteiger partial charge < -0.3 is 9.32 Å². The number of fused-ring (bicyclic) bond motifs is 1. The van der Waals surface area contributed by atoms with Gasteiger partial charge in [-0.1, -0.05) is 30.3 Å². The van der Waals surface area contributed by atoms with Crippen molar-refractivity contribution in [1.29, 1.82) is 0 Å². The van der Waals surface area contributed by atoms with Gasteiger partial charge >= 0.3 is 0 Å². The molecule has 0 saturated carbocycles. The van der Waals surface area contributed by atoms with Crippen LogP contribution in [0.4, 0.5) is 0 Å². The average Bonchev–Trinajstić information content (AvgIpc) is 3.17. The Kier molecular flexibility index (Phi) is 5.76. The number of benzene rings is 2. The number of carbonyl (C=O) groups is 1. The molecule has 2 aromatic carbocycles. The fourth-order valence-electron chi connectivity index (χ4n) is 3.55. The van der Waals surface area contributed by atoms with Gasteiger partial charge in [-0.25, -0.2) is 13.1 Å². The van der Waals surface area contributed by atoms with Gasteiger partial charge in [0.2, 0.25) is 10.0 Å². The zero-order chi connectivity index (χ0) is 20.4. The first-order valence-electron chi connectivity index (χ1n) is 9.46. The van der Waals surface area contributed by atoms with Gasteiger partial charge in [0.1, 0.15) is 5.58 Å². The van der Waals surface area contributed by atoms with E-state index in [1.807, 2.05) is 24.3 Å². The highest BCUT2D eigenvalue weighted by Gasteiger charge is 2.27. The van der Waals surface area contributed by atoms with Crippen LogP contribution in [0.15, 0.2) is 68.4 Å². The summed E-state index contributed by atoms with van der Waals surface area (Å²) in [5.74, 6) is 0.416. The molecule has 0 unspecified atom stereocenters. The number of halogens is 1. The lowest BCUT2D eigenvalue weighted by atomic mass is 9.97. The number of carbonyl (C=O) groups excluding carboxylic acids is 1. The second-order valence-corrected chi connectivity index (χ2v) is 9.76. The van der Waals surface area contributed by atoms with Gasteiger partial charge in [0.25, 0.3) is 5.91 Å². The fourth-order valence-corrected chi connectivity index (χ4v) is 5.67. The molecule has 1 fully saturated rings. The van der Waals surface area contributed by atoms with Crippen molar-refractivity contribution in [2.45, 2.75) is 17.7 Å². The van der Waals surface area contributed by atoms with E-state index in [0.717, 1.165) is 18.2 Å². The van der Waals surface area contributed by atoms with E-state index in [2.05, 4.69) is 20.7 Å². The normalized spacial score (nSPS) is 15.7. The van der Waals surface area contributed by atoms with Gasteiger partial charge in [-0.05, 0) is 59.0 Å². The summed E-state index contributed by atoms with van der Waals surface area (Å²) >= 11 is 3.28. The summed E-state index contributed by atoms with van der Waals surface area (Å²) in [7, 11) is -3.57. The summed E-state index contributed by atoms with van der Waals surface area (Å²) in [5, 5.41) is 0.909. The number of amides is 1. The minimum absolute atomic E-state index is 0.117. The summed E-state index contributed by atoms with van der Waals surface area (Å²) in [6, 6.07) is 16.1. The minimum Gasteiger partial charge on any atom is -0.451 e. The van der Waals surface area contributed by atoms with Crippen molar-refractivity contribution in [1.82, 2.24) is 9.62 Å². The third-order valence-corrected chi connectivity index (χ3v) is 7.66. The lowest BCUT2D eigenvalue weighted by Crippen LogP contribution is -2.41. The molecule has 152 valence electrons. The maximum atomic E-state index is 12.7. The van der Waals surface area contributed by atoms with Crippen LogP contribution in [-0.4, -0.2) is 38.9 Å². The Labute approximate surface area is 178 Å². The van der Waals surface area contributed by atoms with Crippen LogP contribution < -0.4 is 4.72 Å². The average molecular weight is 477 g/mol. The molecule has 1 saturated heterocycles. The molecule has 29 heavy (non-hydrogen) atoms. The second kappa shape index (κ2) is 8.30. The van der Waals surface area contributed by atoms with Crippen molar-refractivity contribution in [3.05, 3.63) is 64.8 Å². The predicted octanol–water partition coefficient (Wildman–Crippen LogP) is 4.03. The van der Waals surface area contributed by atoms with Gasteiger partial charge in [0, 0.05) is 29.5 Å². The first-order valence-corrected chi connectivity index (χ1v) is 11.7. The van der Waals surface area contributed by atoms with Crippen LogP contribution in [0, 0.1) is 5.92 Å². The number of furan rings is 1. The van der Waals surface area contributed by atoms with Crippen LogP contribution in [-0.2, 0) is 10.0 Å². The van der Waals surface area contributed by atoms with Crippen LogP contribution >= 0.6 is 15.9 Å². The van der Waals surface area contributed by atoms with Crippen molar-refractivity contribution in [2.75, 3.05) is 19.6 Å². The quantitative estimate of drug-likeness (QED) is 0.602. The third kappa shape index (κ3) is 4.39. The molecule has 3 aromatic rings. The molecular weight excluding hydrogens is 456 g/mol. The van der Waals surface area contributed by atoms with Crippen LogP contribution in [0.1, 0.15) is 23.4 Å². The van der Waals surface area contributed by atoms with Crippen LogP contribution in [0.2, 0.25) is 0 Å². The van der Waals surface area contributed by atoms with E-state index in [1.165, 1.54) is 0 Å². The summed E-state index contributed by atoms with van der Waals surface area (Å²) in [5.41, 5.74) is 0.701. The Morgan fingerprint density at radius 1 is 1.10 bits per heavy atom. The smallest absolute Gasteiger partial charge is 0.289 e. The van der Waals surface area contributed by atoms with E-state index < -0.39 is 10.0 Å². The van der Waals surface area contributed by atoms with Gasteiger partial charge in [0.15, 0.2) is 5.76 Å². The van der Waals surface area contributed by atoms with Crippen LogP contribution in [0.3, 0.4) is 0 Å². The summed E-state index contributed by atoms with van der Waals surface area (Å²) in [4.78, 5) is 14.7. The molecule has 8 heteroatoms. The van der Waals surface area contributed by atoms with Crippen LogP contribution in [0.25, 0.3) is 11.0 Å². The topological polar surface area (TPSA) is 79.6 Å². The Morgan fingerprint density at radius 2 is 1.79 bits per heavy atom. The molecular formula is C21H21BrN2O4S. The molecule has 1 aromatic heterocycles. The molecule has 0 radical (unpaired) electrons. The zero-order valence-corrected chi connectivity index (χ0v) is 18.1. The third-order valence-electron chi connectivity index (χ3n) is 5.23. The van der Waals surface area contributed by atoms with E-state index in [9.17, 15) is 13.2 Å². The summed E-state index contributed by atoms with van der Waals surface area (Å²) in [6.07, 6.45) is 1.48. The Hall–Kier alpha value is -2.16. The second-order valence-electron chi connectivity index (χ2n) is 7.17. The maximum absolute atomic E-state index is 12.7. The fraction of sp³-hybridized carbons (Fsp3) is 0.286. The standard InChI is InChI=1S/C21H21BrN2O4S/c22-17-6-2-4-8-20(17)29(26,27)23-14-15-9-11-24(12-10-15)21(25)19-13-16-5-1-3-7-18(16)28-19/h1-8,13,15,23H,9-12,14H2. The molecule has 4 rings (SSSR count). The number of hydrogen-bond donors (Lipinski definition) is 1. The van der Waals surface area contributed by atoms with Crippen molar-refractivity contribution >= 4 is 42.8 Å². The van der Waals surface area contributed by atoms with Gasteiger partial charge in [-0.15, -0.1) is 0 Å². The van der Waals surface area contributed by atoms with E-state index >= 15 is 0 Å². The molecule has 1 aliphatic heterocycles. The van der Waals surface area contributed by atoms with E-state index in [4.69, 9.17) is 4.42 Å². The maximum Gasteiger partial charge on any atom is 0.289 e. The first kappa shape index (κ1) is 20.1. The van der Waals surface area contributed by atoms with Gasteiger partial charge in [-0.3, -0.25) is 4.79 Å². The number of piperidine rings is 1. The Balaban J connectivity index is 1.33. The van der Waals surface area contributed by atoms with Crippen molar-refractivity contribution in [3.8, 4) is 0 Å². The van der Waals surface area contributed by atoms with Crippen LogP contribution in [0.5, 0.6) is 0 Å². The molecule has 1 N–H and O–H groups in total. The highest BCUT2D eigenvalue weighted by atomic mass is 79.9. The number of nitrogens with zero attached hydrogens (tertiary/aromatic N) is 1. The van der Waals surface area contributed by atoms with Crippen molar-refractivity contribution < 1.29 is 17.6 Å². The Morgan fingerprint density at radius 3 is 2.52 bits per heavy atom. The molecule has 1 aliphatic rings. The lowest BCUT2D eigenvalue weighted by molar-refractivity contribution is 0.0662. The first-order chi connectivity index (χ1) is 13.9. The van der Waals surface area contributed by atoms with E-state index in [0.29, 0.717) is 35.5 Å². The number of rotatable bonds is 5. The minimum atomic E-state index is -3.57. The predicted molar refractivity (Wildman–Crippen MR) is 114 cm³/mol. The molecule has 1 amide bonds. The highest BCUT2D eigenvalue weighted by molar-refractivity contribution is 9.10. The molecule has 0 aliphatic carbocycles. The Bertz CT molecular complexity index is 1100. The lowest BCUT2D eigenvalue weighted by Gasteiger charge is -2.31.